The summed E-state index contributed by atoms with van der Waals surface area (Å²) in [5.74, 6) is 0.768. The molecule has 1 aliphatic heterocycles. The largest absolute Gasteiger partial charge is 0.347 e. The third kappa shape index (κ3) is 6.59. The fourth-order valence-corrected chi connectivity index (χ4v) is 4.57. The first-order chi connectivity index (χ1) is 15.7. The van der Waals surface area contributed by atoms with Crippen LogP contribution in [0.15, 0.2) is 71.9 Å². The lowest BCUT2D eigenvalue weighted by molar-refractivity contribution is 0.135. The molecule has 2 aromatic carbocycles. The maximum atomic E-state index is 12.3. The summed E-state index contributed by atoms with van der Waals surface area (Å²) in [6, 6.07) is 19.3. The second-order valence-electron chi connectivity index (χ2n) is 7.96. The lowest BCUT2D eigenvalue weighted by atomic mass is 10.2. The molecule has 2 heterocycles. The summed E-state index contributed by atoms with van der Waals surface area (Å²) in [5.41, 5.74) is 2.61. The zero-order chi connectivity index (χ0) is 22.2. The van der Waals surface area contributed by atoms with Crippen LogP contribution >= 0.6 is 11.9 Å². The zero-order valence-corrected chi connectivity index (χ0v) is 19.2. The number of hydrogen-bond acceptors (Lipinski definition) is 5. The van der Waals surface area contributed by atoms with Crippen molar-refractivity contribution >= 4 is 18.0 Å². The van der Waals surface area contributed by atoms with Crippen LogP contribution < -0.4 is 5.32 Å². The van der Waals surface area contributed by atoms with Gasteiger partial charge in [-0.25, -0.2) is 14.1 Å². The number of urea groups is 1. The van der Waals surface area contributed by atoms with Crippen molar-refractivity contribution in [3.8, 4) is 0 Å². The number of imidazole rings is 1. The molecule has 4 rings (SSSR count). The van der Waals surface area contributed by atoms with Crippen LogP contribution in [0.25, 0.3) is 0 Å². The average molecular weight is 451 g/mol. The minimum Gasteiger partial charge on any atom is -0.347 e. The third-order valence-electron chi connectivity index (χ3n) is 5.46. The van der Waals surface area contributed by atoms with Crippen molar-refractivity contribution in [1.29, 1.82) is 0 Å². The smallest absolute Gasteiger partial charge is 0.317 e. The average Bonchev–Trinajstić information content (AvgIpc) is 3.34. The second-order valence-corrected chi connectivity index (χ2v) is 9.24. The van der Waals surface area contributed by atoms with Gasteiger partial charge in [-0.1, -0.05) is 42.5 Å². The highest BCUT2D eigenvalue weighted by atomic mass is 32.2. The predicted molar refractivity (Wildman–Crippen MR) is 128 cm³/mol. The molecule has 0 spiro atoms. The molecule has 8 heteroatoms. The van der Waals surface area contributed by atoms with E-state index in [1.165, 1.54) is 16.0 Å². The highest BCUT2D eigenvalue weighted by Gasteiger charge is 2.21. The summed E-state index contributed by atoms with van der Waals surface area (Å²) in [5, 5.41) is 2.92. The molecule has 2 amide bonds. The number of hydrogen-bond donors (Lipinski definition) is 2. The van der Waals surface area contributed by atoms with E-state index < -0.39 is 0 Å². The highest BCUT2D eigenvalue weighted by molar-refractivity contribution is 7.97. The molecule has 2 N–H and O–H groups in total. The molecule has 1 fully saturated rings. The molecule has 0 unspecified atom stereocenters. The van der Waals surface area contributed by atoms with E-state index in [9.17, 15) is 4.79 Å². The molecule has 0 radical (unpaired) electrons. The van der Waals surface area contributed by atoms with Crippen LogP contribution in [0.5, 0.6) is 0 Å². The van der Waals surface area contributed by atoms with E-state index in [4.69, 9.17) is 0 Å². The molecule has 1 saturated heterocycles. The summed E-state index contributed by atoms with van der Waals surface area (Å²) in [4.78, 5) is 25.0. The summed E-state index contributed by atoms with van der Waals surface area (Å²) >= 11 is 1.76. The predicted octanol–water partition coefficient (Wildman–Crippen LogP) is 3.58. The zero-order valence-electron chi connectivity index (χ0n) is 18.4. The molecule has 168 valence electrons. The molecule has 0 aliphatic carbocycles. The number of piperazine rings is 1. The molecule has 1 aromatic heterocycles. The Morgan fingerprint density at radius 2 is 1.81 bits per heavy atom. The van der Waals surface area contributed by atoms with Gasteiger partial charge in [-0.05, 0) is 42.3 Å². The Kier molecular flexibility index (Phi) is 7.82. The number of aromatic nitrogens is 2. The van der Waals surface area contributed by atoms with Gasteiger partial charge >= 0.3 is 6.03 Å². The van der Waals surface area contributed by atoms with Crippen LogP contribution in [0, 0.1) is 0 Å². The van der Waals surface area contributed by atoms with Crippen LogP contribution in [0.3, 0.4) is 0 Å². The molecular formula is C24H30N6OS. The number of carbonyl (C=O) groups excluding carboxylic acids is 1. The Hall–Kier alpha value is -2.81. The summed E-state index contributed by atoms with van der Waals surface area (Å²) in [6.45, 7) is 5.48. The van der Waals surface area contributed by atoms with Gasteiger partial charge in [0.2, 0.25) is 0 Å². The van der Waals surface area contributed by atoms with Crippen molar-refractivity contribution in [2.24, 2.45) is 0 Å². The van der Waals surface area contributed by atoms with Crippen LogP contribution in [-0.2, 0) is 19.6 Å². The van der Waals surface area contributed by atoms with Gasteiger partial charge in [-0.15, -0.1) is 0 Å². The molecule has 3 aromatic rings. The van der Waals surface area contributed by atoms with Crippen LogP contribution in [0.4, 0.5) is 4.79 Å². The number of carbonyl (C=O) groups is 1. The number of nitrogens with zero attached hydrogens (tertiary/aromatic N) is 4. The fourth-order valence-electron chi connectivity index (χ4n) is 3.74. The Balaban J connectivity index is 1.18. The Bertz CT molecular complexity index is 956. The van der Waals surface area contributed by atoms with Gasteiger partial charge in [0, 0.05) is 56.6 Å². The monoisotopic (exact) mass is 450 g/mol. The molecule has 32 heavy (non-hydrogen) atoms. The second kappa shape index (κ2) is 11.2. The molecule has 0 saturated carbocycles. The molecule has 7 nitrogen and oxygen atoms in total. The number of nitrogens with one attached hydrogen (secondary N) is 2. The van der Waals surface area contributed by atoms with Crippen LogP contribution in [-0.4, -0.2) is 63.3 Å². The van der Waals surface area contributed by atoms with Gasteiger partial charge < -0.3 is 15.2 Å². The van der Waals surface area contributed by atoms with Crippen molar-refractivity contribution in [2.75, 3.05) is 33.2 Å². The van der Waals surface area contributed by atoms with E-state index in [1.54, 1.807) is 24.3 Å². The Morgan fingerprint density at radius 3 is 2.50 bits per heavy atom. The standard InChI is InChI=1S/C24H30N6OS/c1-28(18-20-5-3-2-4-6-20)32-22-9-7-21(8-10-22)19-29-13-15-30(16-14-29)24(31)27-17-23-25-11-12-26-23/h2-12H,13-19H2,1H3,(H,25,26)(H,27,31). The number of amides is 2. The van der Waals surface area contributed by atoms with Crippen molar-refractivity contribution in [1.82, 2.24) is 29.4 Å². The van der Waals surface area contributed by atoms with Crippen LogP contribution in [0.2, 0.25) is 0 Å². The molecule has 0 atom stereocenters. The highest BCUT2D eigenvalue weighted by Crippen LogP contribution is 2.23. The van der Waals surface area contributed by atoms with E-state index in [-0.39, 0.29) is 6.03 Å². The lowest BCUT2D eigenvalue weighted by Gasteiger charge is -2.34. The Labute approximate surface area is 194 Å². The van der Waals surface area contributed by atoms with Gasteiger partial charge in [-0.3, -0.25) is 4.90 Å². The molecule has 0 bridgehead atoms. The first kappa shape index (κ1) is 22.4. The summed E-state index contributed by atoms with van der Waals surface area (Å²) < 4.78 is 2.25. The van der Waals surface area contributed by atoms with Crippen molar-refractivity contribution in [3.63, 3.8) is 0 Å². The number of rotatable bonds is 8. The van der Waals surface area contributed by atoms with Gasteiger partial charge in [0.05, 0.1) is 6.54 Å². The quantitative estimate of drug-likeness (QED) is 0.514. The van der Waals surface area contributed by atoms with Gasteiger partial charge in [-0.2, -0.15) is 0 Å². The van der Waals surface area contributed by atoms with Crippen molar-refractivity contribution in [2.45, 2.75) is 24.5 Å². The van der Waals surface area contributed by atoms with E-state index in [2.05, 4.69) is 80.1 Å². The van der Waals surface area contributed by atoms with Gasteiger partial charge in [0.25, 0.3) is 0 Å². The number of aromatic amines is 1. The van der Waals surface area contributed by atoms with Gasteiger partial charge in [0.15, 0.2) is 0 Å². The van der Waals surface area contributed by atoms with Crippen molar-refractivity contribution < 1.29 is 4.79 Å². The maximum Gasteiger partial charge on any atom is 0.317 e. The van der Waals surface area contributed by atoms with E-state index in [1.807, 2.05) is 11.0 Å². The number of benzene rings is 2. The van der Waals surface area contributed by atoms with E-state index >= 15 is 0 Å². The van der Waals surface area contributed by atoms with E-state index in [0.717, 1.165) is 45.1 Å². The molecule has 1 aliphatic rings. The minimum atomic E-state index is -0.0259. The maximum absolute atomic E-state index is 12.3. The molecular weight excluding hydrogens is 420 g/mol. The topological polar surface area (TPSA) is 67.5 Å². The normalized spacial score (nSPS) is 14.6. The van der Waals surface area contributed by atoms with Gasteiger partial charge in [0.1, 0.15) is 5.82 Å². The summed E-state index contributed by atoms with van der Waals surface area (Å²) in [7, 11) is 2.12. The van der Waals surface area contributed by atoms with Crippen LogP contribution in [0.1, 0.15) is 17.0 Å². The minimum absolute atomic E-state index is 0.0259. The first-order valence-corrected chi connectivity index (χ1v) is 11.7. The third-order valence-corrected chi connectivity index (χ3v) is 6.38. The Morgan fingerprint density at radius 1 is 1.06 bits per heavy atom. The first-order valence-electron chi connectivity index (χ1n) is 10.9. The SMILES string of the molecule is CN(Cc1ccccc1)Sc1ccc(CN2CCN(C(=O)NCc3ncc[nH]3)CC2)cc1. The lowest BCUT2D eigenvalue weighted by Crippen LogP contribution is -2.51. The fraction of sp³-hybridized carbons (Fsp3) is 0.333. The van der Waals surface area contributed by atoms with E-state index in [0.29, 0.717) is 6.54 Å². The van der Waals surface area contributed by atoms with Crippen molar-refractivity contribution in [3.05, 3.63) is 83.9 Å². The number of H-pyrrole nitrogens is 1. The summed E-state index contributed by atoms with van der Waals surface area (Å²) in [6.07, 6.45) is 3.45.